The van der Waals surface area contributed by atoms with Gasteiger partial charge in [0.25, 0.3) is 0 Å². The predicted octanol–water partition coefficient (Wildman–Crippen LogP) is 3.31. The molecule has 0 spiro atoms. The van der Waals surface area contributed by atoms with Gasteiger partial charge >= 0.3 is 5.97 Å². The van der Waals surface area contributed by atoms with Crippen LogP contribution in [0.2, 0.25) is 0 Å². The molecule has 0 aliphatic rings. The fourth-order valence-electron chi connectivity index (χ4n) is 2.34. The molecule has 1 rings (SSSR count). The van der Waals surface area contributed by atoms with E-state index < -0.39 is 16.0 Å². The number of sulfonamides is 1. The van der Waals surface area contributed by atoms with Gasteiger partial charge in [-0.1, -0.05) is 27.2 Å². The van der Waals surface area contributed by atoms with Gasteiger partial charge in [-0.15, -0.1) is 0 Å². The average molecular weight is 356 g/mol. The molecule has 0 heterocycles. The van der Waals surface area contributed by atoms with Crippen LogP contribution in [-0.2, 0) is 10.0 Å². The molecule has 0 saturated heterocycles. The summed E-state index contributed by atoms with van der Waals surface area (Å²) in [5.41, 5.74) is 0.379. The summed E-state index contributed by atoms with van der Waals surface area (Å²) in [5.74, 6) is -0.666. The molecule has 3 N–H and O–H groups in total. The van der Waals surface area contributed by atoms with Crippen molar-refractivity contribution in [3.63, 3.8) is 0 Å². The molecule has 24 heavy (non-hydrogen) atoms. The standard InChI is InChI=1S/C17H28N2O4S/c1-5-6-13(4)19-24(22,23)16-11-14(17(20)21)7-8-15(16)18-10-9-12(2)3/h7-8,11-13,18-19H,5-6,9-10H2,1-4H3,(H,20,21)/t13-/m1/s1. The van der Waals surface area contributed by atoms with Crippen molar-refractivity contribution in [3.05, 3.63) is 23.8 Å². The molecule has 0 aliphatic heterocycles. The lowest BCUT2D eigenvalue weighted by molar-refractivity contribution is 0.0696. The highest BCUT2D eigenvalue weighted by Crippen LogP contribution is 2.24. The van der Waals surface area contributed by atoms with Gasteiger partial charge in [0, 0.05) is 12.6 Å². The molecule has 1 aromatic rings. The quantitative estimate of drug-likeness (QED) is 0.598. The SMILES string of the molecule is CCC[C@@H](C)NS(=O)(=O)c1cc(C(=O)O)ccc1NCCC(C)C. The normalized spacial score (nSPS) is 13.0. The fraction of sp³-hybridized carbons (Fsp3) is 0.588. The van der Waals surface area contributed by atoms with Crippen molar-refractivity contribution < 1.29 is 18.3 Å². The monoisotopic (exact) mass is 356 g/mol. The van der Waals surface area contributed by atoms with Crippen molar-refractivity contribution in [2.75, 3.05) is 11.9 Å². The third kappa shape index (κ3) is 6.13. The lowest BCUT2D eigenvalue weighted by atomic mass is 10.1. The average Bonchev–Trinajstić information content (AvgIpc) is 2.46. The van der Waals surface area contributed by atoms with E-state index >= 15 is 0 Å². The molecular weight excluding hydrogens is 328 g/mol. The molecule has 0 saturated carbocycles. The smallest absolute Gasteiger partial charge is 0.335 e. The van der Waals surface area contributed by atoms with Crippen LogP contribution in [0.15, 0.2) is 23.1 Å². The summed E-state index contributed by atoms with van der Waals surface area (Å²) in [6.07, 6.45) is 2.46. The molecule has 0 bridgehead atoms. The van der Waals surface area contributed by atoms with E-state index in [1.165, 1.54) is 18.2 Å². The Morgan fingerprint density at radius 1 is 1.21 bits per heavy atom. The van der Waals surface area contributed by atoms with Gasteiger partial charge in [-0.25, -0.2) is 17.9 Å². The molecular formula is C17H28N2O4S. The number of carboxylic acids is 1. The van der Waals surface area contributed by atoms with Gasteiger partial charge < -0.3 is 10.4 Å². The summed E-state index contributed by atoms with van der Waals surface area (Å²) in [7, 11) is -3.79. The number of carboxylic acid groups (broad SMARTS) is 1. The highest BCUT2D eigenvalue weighted by atomic mass is 32.2. The largest absolute Gasteiger partial charge is 0.478 e. The molecule has 0 unspecified atom stereocenters. The van der Waals surface area contributed by atoms with Gasteiger partial charge in [0.2, 0.25) is 10.0 Å². The van der Waals surface area contributed by atoms with Crippen LogP contribution in [0.3, 0.4) is 0 Å². The van der Waals surface area contributed by atoms with Gasteiger partial charge in [-0.05, 0) is 43.9 Å². The van der Waals surface area contributed by atoms with Crippen molar-refractivity contribution in [2.24, 2.45) is 5.92 Å². The second kappa shape index (κ2) is 9.03. The highest BCUT2D eigenvalue weighted by molar-refractivity contribution is 7.89. The minimum Gasteiger partial charge on any atom is -0.478 e. The van der Waals surface area contributed by atoms with E-state index in [9.17, 15) is 13.2 Å². The Morgan fingerprint density at radius 3 is 2.42 bits per heavy atom. The van der Waals surface area contributed by atoms with Gasteiger partial charge in [-0.3, -0.25) is 0 Å². The molecule has 1 aromatic carbocycles. The first-order chi connectivity index (χ1) is 11.2. The van der Waals surface area contributed by atoms with Crippen LogP contribution in [0.1, 0.15) is 57.3 Å². The van der Waals surface area contributed by atoms with Crippen LogP contribution in [0.4, 0.5) is 5.69 Å². The van der Waals surface area contributed by atoms with Crippen LogP contribution < -0.4 is 10.0 Å². The van der Waals surface area contributed by atoms with Gasteiger partial charge in [0.05, 0.1) is 11.3 Å². The molecule has 0 fully saturated rings. The van der Waals surface area contributed by atoms with Crippen molar-refractivity contribution in [1.82, 2.24) is 4.72 Å². The van der Waals surface area contributed by atoms with Crippen LogP contribution >= 0.6 is 0 Å². The Balaban J connectivity index is 3.14. The van der Waals surface area contributed by atoms with E-state index in [2.05, 4.69) is 23.9 Å². The van der Waals surface area contributed by atoms with Crippen LogP contribution in [0.25, 0.3) is 0 Å². The second-order valence-electron chi connectivity index (χ2n) is 6.44. The molecule has 0 radical (unpaired) electrons. The van der Waals surface area contributed by atoms with E-state index in [-0.39, 0.29) is 16.5 Å². The number of nitrogens with one attached hydrogen (secondary N) is 2. The lowest BCUT2D eigenvalue weighted by Gasteiger charge is -2.17. The molecule has 1 atom stereocenters. The van der Waals surface area contributed by atoms with E-state index in [1.54, 1.807) is 6.92 Å². The van der Waals surface area contributed by atoms with Gasteiger partial charge in [0.15, 0.2) is 0 Å². The number of anilines is 1. The maximum atomic E-state index is 12.7. The number of hydrogen-bond acceptors (Lipinski definition) is 4. The summed E-state index contributed by atoms with van der Waals surface area (Å²) < 4.78 is 28.0. The zero-order valence-corrected chi connectivity index (χ0v) is 15.6. The third-order valence-corrected chi connectivity index (χ3v) is 5.26. The summed E-state index contributed by atoms with van der Waals surface area (Å²) >= 11 is 0. The Bertz CT molecular complexity index is 657. The molecule has 0 amide bonds. The van der Waals surface area contributed by atoms with Crippen molar-refractivity contribution >= 4 is 21.7 Å². The number of benzene rings is 1. The Hall–Kier alpha value is -1.60. The lowest BCUT2D eigenvalue weighted by Crippen LogP contribution is -2.33. The third-order valence-electron chi connectivity index (χ3n) is 3.63. The van der Waals surface area contributed by atoms with Crippen LogP contribution in [-0.4, -0.2) is 32.1 Å². The van der Waals surface area contributed by atoms with Crippen molar-refractivity contribution in [2.45, 2.75) is 57.9 Å². The predicted molar refractivity (Wildman–Crippen MR) is 96.0 cm³/mol. The number of hydrogen-bond donors (Lipinski definition) is 3. The van der Waals surface area contributed by atoms with Crippen LogP contribution in [0, 0.1) is 5.92 Å². The van der Waals surface area contributed by atoms with Crippen molar-refractivity contribution in [3.8, 4) is 0 Å². The molecule has 6 nitrogen and oxygen atoms in total. The zero-order chi connectivity index (χ0) is 18.3. The maximum absolute atomic E-state index is 12.7. The summed E-state index contributed by atoms with van der Waals surface area (Å²) in [5, 5.41) is 12.3. The first kappa shape index (κ1) is 20.4. The topological polar surface area (TPSA) is 95.5 Å². The van der Waals surface area contributed by atoms with E-state index in [0.29, 0.717) is 24.6 Å². The Morgan fingerprint density at radius 2 is 1.88 bits per heavy atom. The number of carbonyl (C=O) groups is 1. The van der Waals surface area contributed by atoms with Crippen molar-refractivity contribution in [1.29, 1.82) is 0 Å². The first-order valence-corrected chi connectivity index (χ1v) is 9.79. The summed E-state index contributed by atoms with van der Waals surface area (Å²) in [6.45, 7) is 8.57. The van der Waals surface area contributed by atoms with E-state index in [1.807, 2.05) is 6.92 Å². The highest BCUT2D eigenvalue weighted by Gasteiger charge is 2.22. The summed E-state index contributed by atoms with van der Waals surface area (Å²) in [4.78, 5) is 11.2. The Kier molecular flexibility index (Phi) is 7.69. The molecule has 0 aromatic heterocycles. The fourth-order valence-corrected chi connectivity index (χ4v) is 3.83. The van der Waals surface area contributed by atoms with E-state index in [4.69, 9.17) is 5.11 Å². The first-order valence-electron chi connectivity index (χ1n) is 8.31. The van der Waals surface area contributed by atoms with E-state index in [0.717, 1.165) is 12.8 Å². The minimum absolute atomic E-state index is 0.0193. The Labute approximate surface area is 144 Å². The van der Waals surface area contributed by atoms with Gasteiger partial charge in [-0.2, -0.15) is 0 Å². The van der Waals surface area contributed by atoms with Crippen LogP contribution in [0.5, 0.6) is 0 Å². The summed E-state index contributed by atoms with van der Waals surface area (Å²) in [6, 6.07) is 3.93. The molecule has 0 aliphatic carbocycles. The zero-order valence-electron chi connectivity index (χ0n) is 14.8. The second-order valence-corrected chi connectivity index (χ2v) is 8.12. The molecule has 7 heteroatoms. The minimum atomic E-state index is -3.79. The number of aromatic carboxylic acids is 1. The molecule has 136 valence electrons. The maximum Gasteiger partial charge on any atom is 0.335 e. The van der Waals surface area contributed by atoms with Gasteiger partial charge in [0.1, 0.15) is 4.90 Å². The number of rotatable bonds is 10.